The van der Waals surface area contributed by atoms with Gasteiger partial charge in [0.25, 0.3) is 0 Å². The van der Waals surface area contributed by atoms with E-state index in [2.05, 4.69) is 16.1 Å². The van der Waals surface area contributed by atoms with Crippen molar-refractivity contribution in [3.8, 4) is 0 Å². The van der Waals surface area contributed by atoms with Crippen molar-refractivity contribution in [2.75, 3.05) is 0 Å². The van der Waals surface area contributed by atoms with Crippen molar-refractivity contribution in [2.24, 2.45) is 7.05 Å². The first-order valence-corrected chi connectivity index (χ1v) is 6.71. The van der Waals surface area contributed by atoms with E-state index in [1.807, 2.05) is 37.8 Å². The molecule has 0 aromatic carbocycles. The molecule has 100 valence electrons. The zero-order valence-electron chi connectivity index (χ0n) is 11.6. The summed E-state index contributed by atoms with van der Waals surface area (Å²) in [5.41, 5.74) is 5.24. The minimum atomic E-state index is -0.509. The van der Waals surface area contributed by atoms with Gasteiger partial charge in [-0.2, -0.15) is 5.10 Å². The Kier molecular flexibility index (Phi) is 2.90. The second-order valence-electron chi connectivity index (χ2n) is 5.35. The van der Waals surface area contributed by atoms with Gasteiger partial charge in [0.1, 0.15) is 0 Å². The average Bonchev–Trinajstić information content (AvgIpc) is 2.91. The molecule has 0 spiro atoms. The molecule has 1 aliphatic rings. The minimum absolute atomic E-state index is 0.0952. The Balaban J connectivity index is 2.00. The van der Waals surface area contributed by atoms with E-state index >= 15 is 0 Å². The molecule has 0 radical (unpaired) electrons. The minimum Gasteiger partial charge on any atom is -0.388 e. The number of nitrogens with zero attached hydrogens (tertiary/aromatic N) is 3. The van der Waals surface area contributed by atoms with Crippen LogP contribution >= 0.6 is 0 Å². The van der Waals surface area contributed by atoms with E-state index < -0.39 is 6.10 Å². The summed E-state index contributed by atoms with van der Waals surface area (Å²) in [5.74, 6) is 0.0952. The summed E-state index contributed by atoms with van der Waals surface area (Å²) < 4.78 is 1.84. The third-order valence-corrected chi connectivity index (χ3v) is 4.24. The molecule has 1 aliphatic carbocycles. The summed E-state index contributed by atoms with van der Waals surface area (Å²) in [6, 6.07) is 4.08. The zero-order chi connectivity index (χ0) is 13.6. The van der Waals surface area contributed by atoms with Crippen LogP contribution in [0.25, 0.3) is 0 Å². The maximum atomic E-state index is 10.7. The van der Waals surface area contributed by atoms with Crippen molar-refractivity contribution < 1.29 is 5.11 Å². The quantitative estimate of drug-likeness (QED) is 0.897. The summed E-state index contributed by atoms with van der Waals surface area (Å²) >= 11 is 0. The van der Waals surface area contributed by atoms with Gasteiger partial charge < -0.3 is 5.11 Å². The van der Waals surface area contributed by atoms with Gasteiger partial charge in [0.15, 0.2) is 0 Å². The van der Waals surface area contributed by atoms with Gasteiger partial charge in [-0.3, -0.25) is 9.67 Å². The number of aryl methyl sites for hydroxylation is 3. The maximum absolute atomic E-state index is 10.7. The molecule has 0 aliphatic heterocycles. The van der Waals surface area contributed by atoms with E-state index in [1.165, 1.54) is 5.56 Å². The Hall–Kier alpha value is -1.68. The average molecular weight is 257 g/mol. The van der Waals surface area contributed by atoms with Gasteiger partial charge in [-0.05, 0) is 38.3 Å². The van der Waals surface area contributed by atoms with Crippen molar-refractivity contribution in [3.05, 3.63) is 46.5 Å². The number of pyridine rings is 1. The van der Waals surface area contributed by atoms with Crippen LogP contribution in [0.2, 0.25) is 0 Å². The topological polar surface area (TPSA) is 50.9 Å². The lowest BCUT2D eigenvalue weighted by atomic mass is 9.92. The van der Waals surface area contributed by atoms with Crippen molar-refractivity contribution >= 4 is 0 Å². The lowest BCUT2D eigenvalue weighted by Gasteiger charge is -2.19. The normalized spacial score (nSPS) is 19.5. The molecule has 4 heteroatoms. The zero-order valence-corrected chi connectivity index (χ0v) is 11.6. The number of aromatic nitrogens is 3. The smallest absolute Gasteiger partial charge is 0.0909 e. The van der Waals surface area contributed by atoms with Crippen molar-refractivity contribution in [3.63, 3.8) is 0 Å². The number of hydrogen-bond donors (Lipinski definition) is 1. The van der Waals surface area contributed by atoms with E-state index in [-0.39, 0.29) is 5.92 Å². The Labute approximate surface area is 113 Å². The van der Waals surface area contributed by atoms with E-state index in [0.717, 1.165) is 35.5 Å². The van der Waals surface area contributed by atoms with Crippen LogP contribution in [0.1, 0.15) is 46.7 Å². The van der Waals surface area contributed by atoms with Crippen LogP contribution in [0.5, 0.6) is 0 Å². The lowest BCUT2D eigenvalue weighted by molar-refractivity contribution is 0.142. The van der Waals surface area contributed by atoms with Gasteiger partial charge in [0.05, 0.1) is 11.8 Å². The number of hydrogen-bond acceptors (Lipinski definition) is 3. The Morgan fingerprint density at radius 1 is 1.42 bits per heavy atom. The number of aliphatic hydroxyl groups excluding tert-OH is 1. The predicted molar refractivity (Wildman–Crippen MR) is 72.9 cm³/mol. The standard InChI is InChI=1S/C15H19N3O/c1-9-13(10(2)18(3)17-9)15(19)12-7-6-11-5-4-8-16-14(11)12/h4-5,8,12,15,19H,6-7H2,1-3H3. The first kappa shape index (κ1) is 12.4. The molecular weight excluding hydrogens is 238 g/mol. The number of rotatable bonds is 2. The van der Waals surface area contributed by atoms with Crippen LogP contribution in [0.3, 0.4) is 0 Å². The molecule has 2 heterocycles. The van der Waals surface area contributed by atoms with Crippen LogP contribution in [-0.2, 0) is 13.5 Å². The first-order valence-electron chi connectivity index (χ1n) is 6.71. The second kappa shape index (κ2) is 4.46. The summed E-state index contributed by atoms with van der Waals surface area (Å²) in [6.07, 6.45) is 3.27. The highest BCUT2D eigenvalue weighted by molar-refractivity contribution is 5.35. The molecule has 0 bridgehead atoms. The van der Waals surface area contributed by atoms with Crippen LogP contribution in [0.15, 0.2) is 18.3 Å². The van der Waals surface area contributed by atoms with E-state index in [0.29, 0.717) is 0 Å². The van der Waals surface area contributed by atoms with Gasteiger partial charge in [-0.1, -0.05) is 6.07 Å². The Morgan fingerprint density at radius 3 is 2.89 bits per heavy atom. The molecule has 2 atom stereocenters. The van der Waals surface area contributed by atoms with E-state index in [9.17, 15) is 5.11 Å². The molecule has 0 amide bonds. The third kappa shape index (κ3) is 1.87. The monoisotopic (exact) mass is 257 g/mol. The summed E-state index contributed by atoms with van der Waals surface area (Å²) in [4.78, 5) is 4.47. The first-order chi connectivity index (χ1) is 9.09. The molecule has 0 saturated carbocycles. The second-order valence-corrected chi connectivity index (χ2v) is 5.35. The Morgan fingerprint density at radius 2 is 2.21 bits per heavy atom. The molecule has 19 heavy (non-hydrogen) atoms. The molecule has 2 unspecified atom stereocenters. The fourth-order valence-electron chi connectivity index (χ4n) is 3.17. The summed E-state index contributed by atoms with van der Waals surface area (Å²) in [7, 11) is 1.92. The van der Waals surface area contributed by atoms with Gasteiger partial charge in [-0.15, -0.1) is 0 Å². The molecule has 4 nitrogen and oxygen atoms in total. The third-order valence-electron chi connectivity index (χ3n) is 4.24. The lowest BCUT2D eigenvalue weighted by Crippen LogP contribution is -2.11. The predicted octanol–water partition coefficient (Wildman–Crippen LogP) is 2.20. The highest BCUT2D eigenvalue weighted by atomic mass is 16.3. The molecule has 0 saturated heterocycles. The fourth-order valence-corrected chi connectivity index (χ4v) is 3.17. The van der Waals surface area contributed by atoms with Gasteiger partial charge >= 0.3 is 0 Å². The molecule has 0 fully saturated rings. The van der Waals surface area contributed by atoms with Crippen LogP contribution in [-0.4, -0.2) is 19.9 Å². The molecule has 1 N–H and O–H groups in total. The molecular formula is C15H19N3O. The van der Waals surface area contributed by atoms with E-state index in [1.54, 1.807) is 0 Å². The van der Waals surface area contributed by atoms with Gasteiger partial charge in [0, 0.05) is 36.1 Å². The fraction of sp³-hybridized carbons (Fsp3) is 0.467. The number of aliphatic hydroxyl groups is 1. The highest BCUT2D eigenvalue weighted by Crippen LogP contribution is 2.41. The van der Waals surface area contributed by atoms with Crippen molar-refractivity contribution in [1.82, 2.24) is 14.8 Å². The molecule has 3 rings (SSSR count). The summed E-state index contributed by atoms with van der Waals surface area (Å²) in [5, 5.41) is 15.1. The van der Waals surface area contributed by atoms with Crippen LogP contribution in [0.4, 0.5) is 0 Å². The largest absolute Gasteiger partial charge is 0.388 e. The van der Waals surface area contributed by atoms with Crippen LogP contribution < -0.4 is 0 Å². The SMILES string of the molecule is Cc1nn(C)c(C)c1C(O)C1CCc2cccnc21. The van der Waals surface area contributed by atoms with E-state index in [4.69, 9.17) is 0 Å². The summed E-state index contributed by atoms with van der Waals surface area (Å²) in [6.45, 7) is 3.96. The molecule has 2 aromatic rings. The Bertz CT molecular complexity index is 618. The number of fused-ring (bicyclic) bond motifs is 1. The van der Waals surface area contributed by atoms with Crippen molar-refractivity contribution in [1.29, 1.82) is 0 Å². The highest BCUT2D eigenvalue weighted by Gasteiger charge is 2.33. The van der Waals surface area contributed by atoms with Gasteiger partial charge in [0.2, 0.25) is 0 Å². The maximum Gasteiger partial charge on any atom is 0.0909 e. The van der Waals surface area contributed by atoms with Crippen LogP contribution in [0, 0.1) is 13.8 Å². The van der Waals surface area contributed by atoms with Gasteiger partial charge in [-0.25, -0.2) is 0 Å². The van der Waals surface area contributed by atoms with Crippen molar-refractivity contribution in [2.45, 2.75) is 38.7 Å². The molecule has 2 aromatic heterocycles.